The predicted octanol–water partition coefficient (Wildman–Crippen LogP) is 4.99. The van der Waals surface area contributed by atoms with Crippen molar-refractivity contribution < 1.29 is 58.6 Å². The van der Waals surface area contributed by atoms with Crippen LogP contribution in [-0.2, 0) is 19.2 Å². The van der Waals surface area contributed by atoms with Crippen LogP contribution >= 0.6 is 23.2 Å². The van der Waals surface area contributed by atoms with Crippen LogP contribution in [0.5, 0.6) is 17.2 Å². The number of hydrogen-bond acceptors (Lipinski definition) is 11. The first-order chi connectivity index (χ1) is 24.7. The number of ether oxygens (including phenoxy) is 2. The Hall–Kier alpha value is -6.19. The zero-order valence-electron chi connectivity index (χ0n) is 26.7. The van der Waals surface area contributed by atoms with Crippen LogP contribution in [0.1, 0.15) is 0 Å². The van der Waals surface area contributed by atoms with E-state index in [1.54, 1.807) is 18.2 Å². The molecule has 0 bridgehead atoms. The Morgan fingerprint density at radius 1 is 0.673 bits per heavy atom. The molecule has 3 aromatic carbocycles. The van der Waals surface area contributed by atoms with Gasteiger partial charge in [0, 0.05) is 28.6 Å². The molecule has 0 amide bonds. The van der Waals surface area contributed by atoms with Crippen molar-refractivity contribution in [2.24, 2.45) is 0 Å². The molecule has 0 saturated heterocycles. The second-order valence-electron chi connectivity index (χ2n) is 11.2. The zero-order chi connectivity index (χ0) is 37.7. The molecule has 3 aromatic rings. The van der Waals surface area contributed by atoms with Gasteiger partial charge in [-0.1, -0.05) is 41.4 Å². The molecule has 17 heteroatoms. The van der Waals surface area contributed by atoms with E-state index in [0.717, 1.165) is 9.80 Å². The molecule has 1 aliphatic heterocycles. The van der Waals surface area contributed by atoms with Gasteiger partial charge in [-0.15, -0.1) is 0 Å². The molecule has 270 valence electrons. The van der Waals surface area contributed by atoms with Crippen molar-refractivity contribution in [3.05, 3.63) is 87.0 Å². The Morgan fingerprint density at radius 3 is 1.83 bits per heavy atom. The van der Waals surface area contributed by atoms with Crippen molar-refractivity contribution in [2.75, 3.05) is 49.2 Å². The average molecular weight is 756 g/mol. The maximum Gasteiger partial charge on any atom is 0.323 e. The summed E-state index contributed by atoms with van der Waals surface area (Å²) in [6.07, 6.45) is 0. The van der Waals surface area contributed by atoms with Crippen LogP contribution in [-0.4, -0.2) is 88.8 Å². The summed E-state index contributed by atoms with van der Waals surface area (Å²) >= 11 is 12.5. The summed E-state index contributed by atoms with van der Waals surface area (Å²) in [5.74, 6) is -5.15. The number of hydrogen-bond donors (Lipinski definition) is 5. The molecule has 0 fully saturated rings. The second-order valence-corrected chi connectivity index (χ2v) is 12.0. The van der Waals surface area contributed by atoms with Gasteiger partial charge >= 0.3 is 23.9 Å². The highest BCUT2D eigenvalue weighted by Crippen LogP contribution is 2.45. The first-order valence-electron chi connectivity index (χ1n) is 15.2. The molecule has 0 spiro atoms. The van der Waals surface area contributed by atoms with Crippen molar-refractivity contribution >= 4 is 69.4 Å². The van der Waals surface area contributed by atoms with Crippen molar-refractivity contribution in [2.45, 2.75) is 0 Å². The molecule has 0 radical (unpaired) electrons. The number of halogens is 2. The number of aliphatic carboxylic acids is 4. The van der Waals surface area contributed by atoms with Crippen LogP contribution in [0.4, 0.5) is 11.4 Å². The lowest BCUT2D eigenvalue weighted by Gasteiger charge is -2.25. The third-order valence-electron chi connectivity index (χ3n) is 7.54. The molecule has 52 heavy (non-hydrogen) atoms. The van der Waals surface area contributed by atoms with E-state index in [4.69, 9.17) is 37.1 Å². The molecule has 1 heterocycles. The van der Waals surface area contributed by atoms with E-state index in [-0.39, 0.29) is 63.2 Å². The van der Waals surface area contributed by atoms with E-state index in [2.05, 4.69) is 0 Å². The molecule has 2 aliphatic rings. The molecule has 0 unspecified atom stereocenters. The van der Waals surface area contributed by atoms with E-state index in [9.17, 15) is 49.5 Å². The van der Waals surface area contributed by atoms with Crippen molar-refractivity contribution in [3.8, 4) is 39.7 Å². The number of carboxylic acids is 4. The molecule has 5 rings (SSSR count). The number of rotatable bonds is 16. The molecule has 0 atom stereocenters. The monoisotopic (exact) mass is 754 g/mol. The number of phenolic OH excluding ortho intramolecular Hbond substituents is 1. The normalized spacial score (nSPS) is 11.0. The van der Waals surface area contributed by atoms with Crippen LogP contribution in [0.3, 0.4) is 0 Å². The Balaban J connectivity index is 1.57. The summed E-state index contributed by atoms with van der Waals surface area (Å²) in [5, 5.41) is 48.4. The summed E-state index contributed by atoms with van der Waals surface area (Å²) in [4.78, 5) is 61.0. The van der Waals surface area contributed by atoms with Gasteiger partial charge in [0.25, 0.3) is 0 Å². The number of carboxylic acid groups (broad SMARTS) is 4. The molecule has 5 N–H and O–H groups in total. The number of nitrogens with zero attached hydrogens (tertiary/aromatic N) is 2. The van der Waals surface area contributed by atoms with Gasteiger partial charge in [0.2, 0.25) is 5.43 Å². The van der Waals surface area contributed by atoms with Gasteiger partial charge in [-0.3, -0.25) is 24.0 Å². The SMILES string of the molecule is O=C(O)CN(CC(=O)O)c1ccccc1OCCOc1cc(-c2c3cc(Cl)c(=O)cc-3oc3cc(O)c(Cl)cc23)ccc1N(CC(=O)O)CC(=O)O. The smallest absolute Gasteiger partial charge is 0.323 e. The largest absolute Gasteiger partial charge is 0.506 e. The van der Waals surface area contributed by atoms with Crippen LogP contribution in [0, 0.1) is 0 Å². The van der Waals surface area contributed by atoms with Crippen LogP contribution in [0.25, 0.3) is 33.4 Å². The fraction of sp³-hybridized carbons (Fsp3) is 0.171. The number of anilines is 2. The van der Waals surface area contributed by atoms with Gasteiger partial charge in [0.1, 0.15) is 68.0 Å². The molecule has 0 saturated carbocycles. The highest BCUT2D eigenvalue weighted by Gasteiger charge is 2.24. The lowest BCUT2D eigenvalue weighted by Crippen LogP contribution is -2.35. The molecule has 15 nitrogen and oxygen atoms in total. The van der Waals surface area contributed by atoms with E-state index in [1.807, 2.05) is 0 Å². The third-order valence-corrected chi connectivity index (χ3v) is 8.14. The number of aromatic hydroxyl groups is 1. The fourth-order valence-corrected chi connectivity index (χ4v) is 5.83. The van der Waals surface area contributed by atoms with Crippen molar-refractivity contribution in [1.82, 2.24) is 0 Å². The predicted molar refractivity (Wildman–Crippen MR) is 189 cm³/mol. The number of phenols is 1. The minimum Gasteiger partial charge on any atom is -0.506 e. The Bertz CT molecular complexity index is 2190. The van der Waals surface area contributed by atoms with E-state index < -0.39 is 55.5 Å². The third kappa shape index (κ3) is 8.57. The van der Waals surface area contributed by atoms with E-state index >= 15 is 0 Å². The maximum absolute atomic E-state index is 12.4. The van der Waals surface area contributed by atoms with E-state index in [1.165, 1.54) is 48.5 Å². The van der Waals surface area contributed by atoms with Gasteiger partial charge in [-0.2, -0.15) is 0 Å². The number of fused-ring (bicyclic) bond motifs is 2. The highest BCUT2D eigenvalue weighted by molar-refractivity contribution is 6.33. The first-order valence-corrected chi connectivity index (χ1v) is 15.9. The molecule has 1 aliphatic carbocycles. The first kappa shape index (κ1) is 37.1. The average Bonchev–Trinajstić information content (AvgIpc) is 3.06. The summed E-state index contributed by atoms with van der Waals surface area (Å²) in [7, 11) is 0. The number of benzene rings is 4. The Labute approximate surface area is 303 Å². The molecular formula is C35H28Cl2N2O13. The molecule has 0 aromatic heterocycles. The summed E-state index contributed by atoms with van der Waals surface area (Å²) in [6.45, 7) is -3.05. The Morgan fingerprint density at radius 2 is 1.23 bits per heavy atom. The van der Waals surface area contributed by atoms with Gasteiger partial charge in [-0.05, 0) is 42.0 Å². The van der Waals surface area contributed by atoms with E-state index in [0.29, 0.717) is 22.1 Å². The maximum atomic E-state index is 12.4. The molecular weight excluding hydrogens is 727 g/mol. The van der Waals surface area contributed by atoms with Crippen LogP contribution in [0.2, 0.25) is 10.0 Å². The van der Waals surface area contributed by atoms with Crippen LogP contribution in [0.15, 0.2) is 75.9 Å². The van der Waals surface area contributed by atoms with Gasteiger partial charge in [0.05, 0.1) is 21.4 Å². The Kier molecular flexibility index (Phi) is 11.3. The standard InChI is InChI=1S/C35H28Cl2N2O13/c36-21-10-19-28(12-25(21)40)52-29-13-26(41)22(37)11-20(29)35(19)18-5-6-24(39(16-33(46)47)17-34(48)49)30(9-18)51-8-7-50-27-4-2-1-3-23(27)38(14-31(42)43)15-32(44)45/h1-6,9-13,40H,7-8,14-17H2,(H,42,43)(H,44,45)(H,46,47)(H,48,49). The van der Waals surface area contributed by atoms with Crippen molar-refractivity contribution in [1.29, 1.82) is 0 Å². The summed E-state index contributed by atoms with van der Waals surface area (Å²) in [5.41, 5.74) is 1.14. The van der Waals surface area contributed by atoms with Gasteiger partial charge in [-0.25, -0.2) is 0 Å². The minimum absolute atomic E-state index is 0.0141. The second kappa shape index (κ2) is 15.8. The minimum atomic E-state index is -1.32. The summed E-state index contributed by atoms with van der Waals surface area (Å²) < 4.78 is 17.9. The zero-order valence-corrected chi connectivity index (χ0v) is 28.3. The fourth-order valence-electron chi connectivity index (χ4n) is 5.51. The lowest BCUT2D eigenvalue weighted by atomic mass is 9.93. The topological polar surface area (TPSA) is 225 Å². The quantitative estimate of drug-likeness (QED) is 0.0661. The number of carbonyl (C=O) groups is 4. The summed E-state index contributed by atoms with van der Waals surface area (Å²) in [6, 6.07) is 16.0. The van der Waals surface area contributed by atoms with Gasteiger partial charge < -0.3 is 49.2 Å². The van der Waals surface area contributed by atoms with Crippen LogP contribution < -0.4 is 24.7 Å². The number of para-hydroxylation sites is 2. The lowest BCUT2D eigenvalue weighted by molar-refractivity contribution is -0.138. The van der Waals surface area contributed by atoms with Crippen molar-refractivity contribution in [3.63, 3.8) is 0 Å². The van der Waals surface area contributed by atoms with Gasteiger partial charge in [0.15, 0.2) is 0 Å². The highest BCUT2D eigenvalue weighted by atomic mass is 35.5.